The molecule has 1 heterocycles. The second kappa shape index (κ2) is 4.06. The van der Waals surface area contributed by atoms with E-state index in [0.29, 0.717) is 19.8 Å². The van der Waals surface area contributed by atoms with E-state index in [1.165, 1.54) is 10.9 Å². The molecule has 0 spiro atoms. The topological polar surface area (TPSA) is 20.2 Å². The molecule has 14 heavy (non-hydrogen) atoms. The van der Waals surface area contributed by atoms with E-state index in [4.69, 9.17) is 0 Å². The number of hydrogen-bond donors (Lipinski definition) is 1. The van der Waals surface area contributed by atoms with Crippen molar-refractivity contribution in [1.82, 2.24) is 0 Å². The standard InChI is InChI=1S/C12H16OSe/c1-12(13)7-8-14-11(9-12)10-5-3-2-4-6-10/h2-6,11,13H,7-9H2,1H3/t11-,12?/m0/s1. The monoisotopic (exact) mass is 256 g/mol. The molecule has 1 aromatic rings. The third-order valence-electron chi connectivity index (χ3n) is 2.76. The third-order valence-corrected chi connectivity index (χ3v) is 5.44. The van der Waals surface area contributed by atoms with Gasteiger partial charge in [0.1, 0.15) is 0 Å². The zero-order valence-corrected chi connectivity index (χ0v) is 10.2. The molecular formula is C12H16OSe. The van der Waals surface area contributed by atoms with E-state index in [9.17, 15) is 5.11 Å². The molecule has 0 bridgehead atoms. The second-order valence-electron chi connectivity index (χ2n) is 4.22. The average molecular weight is 255 g/mol. The van der Waals surface area contributed by atoms with Gasteiger partial charge in [-0.05, 0) is 0 Å². The Balaban J connectivity index is 2.12. The SMILES string of the molecule is CC1(O)CC[Se][C@H](c2ccccc2)C1. The zero-order chi connectivity index (χ0) is 10.0. The van der Waals surface area contributed by atoms with Crippen LogP contribution in [0.2, 0.25) is 5.32 Å². The van der Waals surface area contributed by atoms with Gasteiger partial charge < -0.3 is 0 Å². The van der Waals surface area contributed by atoms with Gasteiger partial charge in [0.15, 0.2) is 0 Å². The molecule has 1 aromatic carbocycles. The van der Waals surface area contributed by atoms with Gasteiger partial charge in [-0.25, -0.2) is 0 Å². The number of aliphatic hydroxyl groups is 1. The summed E-state index contributed by atoms with van der Waals surface area (Å²) >= 11 is 0.670. The Hall–Kier alpha value is -0.301. The van der Waals surface area contributed by atoms with Crippen LogP contribution in [0.5, 0.6) is 0 Å². The maximum absolute atomic E-state index is 10.0. The van der Waals surface area contributed by atoms with Crippen LogP contribution in [0.25, 0.3) is 0 Å². The molecule has 1 aliphatic rings. The summed E-state index contributed by atoms with van der Waals surface area (Å²) < 4.78 is 0. The summed E-state index contributed by atoms with van der Waals surface area (Å²) in [6, 6.07) is 10.6. The van der Waals surface area contributed by atoms with Crippen molar-refractivity contribution < 1.29 is 5.11 Å². The van der Waals surface area contributed by atoms with E-state index >= 15 is 0 Å². The fourth-order valence-electron chi connectivity index (χ4n) is 1.86. The van der Waals surface area contributed by atoms with E-state index < -0.39 is 5.60 Å². The summed E-state index contributed by atoms with van der Waals surface area (Å²) in [5.41, 5.74) is 0.980. The summed E-state index contributed by atoms with van der Waals surface area (Å²) in [4.78, 5) is 0.618. The van der Waals surface area contributed by atoms with Crippen LogP contribution in [-0.4, -0.2) is 25.7 Å². The average Bonchev–Trinajstić information content (AvgIpc) is 2.18. The molecule has 2 atom stereocenters. The van der Waals surface area contributed by atoms with Gasteiger partial charge in [-0.15, -0.1) is 0 Å². The van der Waals surface area contributed by atoms with E-state index in [0.717, 1.165) is 12.8 Å². The van der Waals surface area contributed by atoms with Gasteiger partial charge in [0.05, 0.1) is 0 Å². The normalized spacial score (nSPS) is 32.9. The van der Waals surface area contributed by atoms with E-state index in [2.05, 4.69) is 30.3 Å². The third kappa shape index (κ3) is 2.38. The van der Waals surface area contributed by atoms with E-state index in [1.807, 2.05) is 6.92 Å². The first-order chi connectivity index (χ1) is 6.67. The molecule has 76 valence electrons. The molecule has 1 aliphatic heterocycles. The Morgan fingerprint density at radius 2 is 2.07 bits per heavy atom. The predicted octanol–water partition coefficient (Wildman–Crippen LogP) is 2.40. The van der Waals surface area contributed by atoms with Gasteiger partial charge >= 0.3 is 91.5 Å². The predicted molar refractivity (Wildman–Crippen MR) is 59.6 cm³/mol. The fourth-order valence-corrected chi connectivity index (χ4v) is 5.36. The van der Waals surface area contributed by atoms with Gasteiger partial charge in [-0.2, -0.15) is 0 Å². The van der Waals surface area contributed by atoms with Gasteiger partial charge in [-0.3, -0.25) is 0 Å². The van der Waals surface area contributed by atoms with Crippen LogP contribution in [-0.2, 0) is 0 Å². The Bertz CT molecular complexity index is 294. The van der Waals surface area contributed by atoms with Crippen LogP contribution < -0.4 is 0 Å². The summed E-state index contributed by atoms with van der Waals surface area (Å²) in [6.07, 6.45) is 1.92. The molecule has 1 fully saturated rings. The molecular weight excluding hydrogens is 239 g/mol. The molecule has 0 aliphatic carbocycles. The molecule has 0 aromatic heterocycles. The van der Waals surface area contributed by atoms with Crippen LogP contribution in [0.3, 0.4) is 0 Å². The Kier molecular flexibility index (Phi) is 2.96. The molecule has 1 unspecified atom stereocenters. The van der Waals surface area contributed by atoms with Crippen LogP contribution >= 0.6 is 0 Å². The summed E-state index contributed by atoms with van der Waals surface area (Å²) in [6.45, 7) is 1.97. The molecule has 2 rings (SSSR count). The minimum atomic E-state index is -0.430. The summed E-state index contributed by atoms with van der Waals surface area (Å²) in [5.74, 6) is 0. The van der Waals surface area contributed by atoms with Crippen molar-refractivity contribution >= 4 is 15.0 Å². The molecule has 1 N–H and O–H groups in total. The molecule has 0 saturated carbocycles. The van der Waals surface area contributed by atoms with Crippen LogP contribution in [0.15, 0.2) is 30.3 Å². The van der Waals surface area contributed by atoms with Crippen molar-refractivity contribution in [1.29, 1.82) is 0 Å². The van der Waals surface area contributed by atoms with E-state index in [1.54, 1.807) is 0 Å². The van der Waals surface area contributed by atoms with Crippen molar-refractivity contribution in [2.24, 2.45) is 0 Å². The second-order valence-corrected chi connectivity index (χ2v) is 6.97. The fraction of sp³-hybridized carbons (Fsp3) is 0.500. The van der Waals surface area contributed by atoms with Crippen molar-refractivity contribution in [2.75, 3.05) is 0 Å². The molecule has 1 saturated heterocycles. The maximum atomic E-state index is 10.0. The molecule has 0 amide bonds. The van der Waals surface area contributed by atoms with Crippen LogP contribution in [0, 0.1) is 0 Å². The number of hydrogen-bond acceptors (Lipinski definition) is 1. The molecule has 1 nitrogen and oxygen atoms in total. The number of rotatable bonds is 1. The first-order valence-corrected chi connectivity index (χ1v) is 7.26. The van der Waals surface area contributed by atoms with Gasteiger partial charge in [0.2, 0.25) is 0 Å². The quantitative estimate of drug-likeness (QED) is 0.764. The van der Waals surface area contributed by atoms with Gasteiger partial charge in [0.25, 0.3) is 0 Å². The summed E-state index contributed by atoms with van der Waals surface area (Å²) in [5, 5.41) is 11.2. The first kappa shape index (κ1) is 10.2. The van der Waals surface area contributed by atoms with Crippen molar-refractivity contribution in [3.8, 4) is 0 Å². The van der Waals surface area contributed by atoms with Crippen molar-refractivity contribution in [3.63, 3.8) is 0 Å². The molecule has 0 radical (unpaired) electrons. The Labute approximate surface area is 91.7 Å². The van der Waals surface area contributed by atoms with Crippen LogP contribution in [0.1, 0.15) is 30.1 Å². The van der Waals surface area contributed by atoms with Gasteiger partial charge in [-0.1, -0.05) is 0 Å². The minimum absolute atomic E-state index is 0.430. The first-order valence-electron chi connectivity index (χ1n) is 5.06. The van der Waals surface area contributed by atoms with E-state index in [-0.39, 0.29) is 0 Å². The van der Waals surface area contributed by atoms with Crippen molar-refractivity contribution in [3.05, 3.63) is 35.9 Å². The molecule has 2 heteroatoms. The van der Waals surface area contributed by atoms with Crippen molar-refractivity contribution in [2.45, 2.75) is 35.5 Å². The Morgan fingerprint density at radius 1 is 1.36 bits per heavy atom. The van der Waals surface area contributed by atoms with Gasteiger partial charge in [0, 0.05) is 0 Å². The summed E-state index contributed by atoms with van der Waals surface area (Å²) in [7, 11) is 0. The Morgan fingerprint density at radius 3 is 2.71 bits per heavy atom. The number of benzene rings is 1. The zero-order valence-electron chi connectivity index (χ0n) is 8.44. The van der Waals surface area contributed by atoms with Crippen LogP contribution in [0.4, 0.5) is 0 Å².